The van der Waals surface area contributed by atoms with Gasteiger partial charge in [-0.25, -0.2) is 0 Å². The molecule has 2 aromatic carbocycles. The summed E-state index contributed by atoms with van der Waals surface area (Å²) in [5, 5.41) is 3.81. The Labute approximate surface area is 143 Å². The van der Waals surface area contributed by atoms with Crippen molar-refractivity contribution in [2.24, 2.45) is 0 Å². The molecule has 0 unspecified atom stereocenters. The van der Waals surface area contributed by atoms with Gasteiger partial charge in [0.05, 0.1) is 10.8 Å². The van der Waals surface area contributed by atoms with Crippen LogP contribution in [0.5, 0.6) is 0 Å². The van der Waals surface area contributed by atoms with Crippen molar-refractivity contribution in [2.75, 3.05) is 11.1 Å². The molecule has 0 saturated heterocycles. The number of benzene rings is 2. The quantitative estimate of drug-likeness (QED) is 0.612. The Morgan fingerprint density at radius 1 is 1.09 bits per heavy atom. The maximum absolute atomic E-state index is 12.2. The second-order valence-corrected chi connectivity index (χ2v) is 6.41. The molecule has 114 valence electrons. The van der Waals surface area contributed by atoms with E-state index in [0.717, 1.165) is 4.90 Å². The molecule has 6 heteroatoms. The SMILES string of the molecule is CC(=O)Nc1ccc(C(=O)CSc2cc(Cl)ccc2Cl)cc1. The van der Waals surface area contributed by atoms with E-state index in [-0.39, 0.29) is 17.4 Å². The molecule has 0 heterocycles. The van der Waals surface area contributed by atoms with Gasteiger partial charge in [-0.15, -0.1) is 11.8 Å². The summed E-state index contributed by atoms with van der Waals surface area (Å²) in [6.07, 6.45) is 0. The zero-order valence-corrected chi connectivity index (χ0v) is 14.1. The van der Waals surface area contributed by atoms with Crippen LogP contribution < -0.4 is 5.32 Å². The molecule has 0 aliphatic carbocycles. The summed E-state index contributed by atoms with van der Waals surface area (Å²) in [6.45, 7) is 1.43. The fourth-order valence-electron chi connectivity index (χ4n) is 1.76. The summed E-state index contributed by atoms with van der Waals surface area (Å²) in [4.78, 5) is 23.9. The Kier molecular flexibility index (Phi) is 5.89. The Morgan fingerprint density at radius 3 is 2.41 bits per heavy atom. The number of amides is 1. The van der Waals surface area contributed by atoms with E-state index in [1.165, 1.54) is 18.7 Å². The number of nitrogens with one attached hydrogen (secondary N) is 1. The topological polar surface area (TPSA) is 46.2 Å². The Morgan fingerprint density at radius 2 is 1.77 bits per heavy atom. The first-order valence-electron chi connectivity index (χ1n) is 6.44. The van der Waals surface area contributed by atoms with E-state index in [9.17, 15) is 9.59 Å². The third kappa shape index (κ3) is 4.77. The van der Waals surface area contributed by atoms with Gasteiger partial charge in [0, 0.05) is 28.1 Å². The van der Waals surface area contributed by atoms with Crippen molar-refractivity contribution in [1.82, 2.24) is 0 Å². The van der Waals surface area contributed by atoms with Gasteiger partial charge in [-0.05, 0) is 42.5 Å². The number of carbonyl (C=O) groups is 2. The predicted molar refractivity (Wildman–Crippen MR) is 92.3 cm³/mol. The molecule has 0 spiro atoms. The van der Waals surface area contributed by atoms with Crippen LogP contribution in [0, 0.1) is 0 Å². The third-order valence-electron chi connectivity index (χ3n) is 2.78. The summed E-state index contributed by atoms with van der Waals surface area (Å²) in [5.74, 6) is 0.0974. The molecule has 1 N–H and O–H groups in total. The van der Waals surface area contributed by atoms with E-state index in [4.69, 9.17) is 23.2 Å². The maximum atomic E-state index is 12.2. The number of ketones is 1. The van der Waals surface area contributed by atoms with E-state index < -0.39 is 0 Å². The van der Waals surface area contributed by atoms with Crippen LogP contribution in [0.1, 0.15) is 17.3 Å². The fraction of sp³-hybridized carbons (Fsp3) is 0.125. The molecule has 0 bridgehead atoms. The molecule has 0 atom stereocenters. The highest BCUT2D eigenvalue weighted by molar-refractivity contribution is 8.00. The number of rotatable bonds is 5. The number of thioether (sulfide) groups is 1. The Balaban J connectivity index is 2.00. The molecule has 0 saturated carbocycles. The lowest BCUT2D eigenvalue weighted by Crippen LogP contribution is -2.07. The van der Waals surface area contributed by atoms with Crippen molar-refractivity contribution in [3.8, 4) is 0 Å². The first-order valence-corrected chi connectivity index (χ1v) is 8.18. The van der Waals surface area contributed by atoms with Gasteiger partial charge in [-0.2, -0.15) is 0 Å². The summed E-state index contributed by atoms with van der Waals surface area (Å²) in [5.41, 5.74) is 1.24. The highest BCUT2D eigenvalue weighted by Gasteiger charge is 2.09. The number of halogens is 2. The number of anilines is 1. The second-order valence-electron chi connectivity index (χ2n) is 4.55. The van der Waals surface area contributed by atoms with E-state index >= 15 is 0 Å². The minimum Gasteiger partial charge on any atom is -0.326 e. The van der Waals surface area contributed by atoms with Gasteiger partial charge in [0.25, 0.3) is 0 Å². The van der Waals surface area contributed by atoms with Gasteiger partial charge in [0.2, 0.25) is 5.91 Å². The number of hydrogen-bond acceptors (Lipinski definition) is 3. The van der Waals surface area contributed by atoms with E-state index in [2.05, 4.69) is 5.32 Å². The van der Waals surface area contributed by atoms with Crippen molar-refractivity contribution in [3.63, 3.8) is 0 Å². The first kappa shape index (κ1) is 16.9. The van der Waals surface area contributed by atoms with Crippen LogP contribution in [0.3, 0.4) is 0 Å². The lowest BCUT2D eigenvalue weighted by Gasteiger charge is -2.06. The van der Waals surface area contributed by atoms with Gasteiger partial charge < -0.3 is 5.32 Å². The summed E-state index contributed by atoms with van der Waals surface area (Å²) in [6, 6.07) is 11.9. The normalized spacial score (nSPS) is 10.3. The van der Waals surface area contributed by atoms with Gasteiger partial charge in [0.15, 0.2) is 5.78 Å². The molecule has 0 radical (unpaired) electrons. The van der Waals surface area contributed by atoms with Crippen LogP contribution in [0.25, 0.3) is 0 Å². The van der Waals surface area contributed by atoms with Crippen molar-refractivity contribution >= 4 is 52.3 Å². The summed E-state index contributed by atoms with van der Waals surface area (Å²) < 4.78 is 0. The van der Waals surface area contributed by atoms with Gasteiger partial charge >= 0.3 is 0 Å². The number of Topliss-reactive ketones (excluding diaryl/α,β-unsaturated/α-hetero) is 1. The zero-order valence-electron chi connectivity index (χ0n) is 11.7. The van der Waals surface area contributed by atoms with Gasteiger partial charge in [0.1, 0.15) is 0 Å². The van der Waals surface area contributed by atoms with Crippen LogP contribution in [-0.4, -0.2) is 17.4 Å². The van der Waals surface area contributed by atoms with Crippen LogP contribution in [0.4, 0.5) is 5.69 Å². The highest BCUT2D eigenvalue weighted by Crippen LogP contribution is 2.30. The standard InChI is InChI=1S/C16H13Cl2NO2S/c1-10(20)19-13-5-2-11(3-6-13)15(21)9-22-16-8-12(17)4-7-14(16)18/h2-8H,9H2,1H3,(H,19,20). The average Bonchev–Trinajstić information content (AvgIpc) is 2.48. The van der Waals surface area contributed by atoms with Crippen molar-refractivity contribution in [3.05, 3.63) is 58.1 Å². The van der Waals surface area contributed by atoms with Crippen LogP contribution in [0.2, 0.25) is 10.0 Å². The highest BCUT2D eigenvalue weighted by atomic mass is 35.5. The van der Waals surface area contributed by atoms with Gasteiger partial charge in [-0.1, -0.05) is 23.2 Å². The Hall–Kier alpha value is -1.49. The largest absolute Gasteiger partial charge is 0.326 e. The smallest absolute Gasteiger partial charge is 0.221 e. The molecule has 2 aromatic rings. The first-order chi connectivity index (χ1) is 10.5. The molecule has 2 rings (SSSR count). The summed E-state index contributed by atoms with van der Waals surface area (Å²) in [7, 11) is 0. The minimum absolute atomic E-state index is 0.0181. The van der Waals surface area contributed by atoms with Crippen LogP contribution in [-0.2, 0) is 4.79 Å². The molecule has 0 aromatic heterocycles. The monoisotopic (exact) mass is 353 g/mol. The third-order valence-corrected chi connectivity index (χ3v) is 4.51. The lowest BCUT2D eigenvalue weighted by atomic mass is 10.1. The number of hydrogen-bond donors (Lipinski definition) is 1. The van der Waals surface area contributed by atoms with E-state index in [0.29, 0.717) is 21.3 Å². The molecule has 0 aliphatic rings. The summed E-state index contributed by atoms with van der Waals surface area (Å²) >= 11 is 13.3. The molecule has 0 fully saturated rings. The van der Waals surface area contributed by atoms with Crippen LogP contribution >= 0.6 is 35.0 Å². The maximum Gasteiger partial charge on any atom is 0.221 e. The van der Waals surface area contributed by atoms with Crippen molar-refractivity contribution in [1.29, 1.82) is 0 Å². The molecular weight excluding hydrogens is 341 g/mol. The number of carbonyl (C=O) groups excluding carboxylic acids is 2. The van der Waals surface area contributed by atoms with Crippen LogP contribution in [0.15, 0.2) is 47.4 Å². The fourth-order valence-corrected chi connectivity index (χ4v) is 3.14. The van der Waals surface area contributed by atoms with E-state index in [1.54, 1.807) is 42.5 Å². The zero-order chi connectivity index (χ0) is 16.1. The Bertz CT molecular complexity index is 702. The molecule has 1 amide bonds. The average molecular weight is 354 g/mol. The second kappa shape index (κ2) is 7.68. The molecule has 0 aliphatic heterocycles. The molecule has 22 heavy (non-hydrogen) atoms. The lowest BCUT2D eigenvalue weighted by molar-refractivity contribution is -0.114. The van der Waals surface area contributed by atoms with Crippen molar-refractivity contribution < 1.29 is 9.59 Å². The molecular formula is C16H13Cl2NO2S. The predicted octanol–water partition coefficient (Wildman–Crippen LogP) is 4.93. The van der Waals surface area contributed by atoms with Crippen molar-refractivity contribution in [2.45, 2.75) is 11.8 Å². The minimum atomic E-state index is -0.148. The molecule has 3 nitrogen and oxygen atoms in total. The van der Waals surface area contributed by atoms with E-state index in [1.807, 2.05) is 0 Å². The van der Waals surface area contributed by atoms with Gasteiger partial charge in [-0.3, -0.25) is 9.59 Å².